The van der Waals surface area contributed by atoms with E-state index in [1.54, 1.807) is 11.1 Å². The summed E-state index contributed by atoms with van der Waals surface area (Å²) in [5.74, 6) is 1.69. The summed E-state index contributed by atoms with van der Waals surface area (Å²) in [5.41, 5.74) is 5.17. The van der Waals surface area contributed by atoms with Crippen molar-refractivity contribution < 1.29 is 4.74 Å². The number of benzene rings is 1. The van der Waals surface area contributed by atoms with E-state index in [-0.39, 0.29) is 0 Å². The van der Waals surface area contributed by atoms with Crippen LogP contribution in [0.25, 0.3) is 0 Å². The van der Waals surface area contributed by atoms with Gasteiger partial charge >= 0.3 is 0 Å². The second-order valence-electron chi connectivity index (χ2n) is 10.4. The van der Waals surface area contributed by atoms with E-state index in [0.717, 1.165) is 45.1 Å². The average Bonchev–Trinajstić information content (AvgIpc) is 2.71. The van der Waals surface area contributed by atoms with Gasteiger partial charge in [0.2, 0.25) is 0 Å². The minimum Gasteiger partial charge on any atom is -0.492 e. The molecule has 2 rings (SSSR count). The van der Waals surface area contributed by atoms with Gasteiger partial charge in [0, 0.05) is 19.6 Å². The minimum atomic E-state index is 0.406. The number of hydrogen-bond acceptors (Lipinski definition) is 3. The van der Waals surface area contributed by atoms with Gasteiger partial charge < -0.3 is 14.5 Å². The first kappa shape index (κ1) is 25.9. The van der Waals surface area contributed by atoms with Crippen LogP contribution in [-0.4, -0.2) is 49.6 Å². The lowest BCUT2D eigenvalue weighted by atomic mass is 9.71. The van der Waals surface area contributed by atoms with E-state index in [9.17, 15) is 0 Å². The molecule has 0 saturated carbocycles. The topological polar surface area (TPSA) is 15.7 Å². The summed E-state index contributed by atoms with van der Waals surface area (Å²) >= 11 is 0. The van der Waals surface area contributed by atoms with Gasteiger partial charge in [-0.05, 0) is 88.2 Å². The summed E-state index contributed by atoms with van der Waals surface area (Å²) in [4.78, 5) is 4.85. The lowest BCUT2D eigenvalue weighted by molar-refractivity contribution is 0.222. The van der Waals surface area contributed by atoms with Crippen molar-refractivity contribution in [2.45, 2.75) is 80.2 Å². The summed E-state index contributed by atoms with van der Waals surface area (Å²) in [6, 6.07) is 8.67. The molecule has 0 bridgehead atoms. The molecule has 3 heteroatoms. The van der Waals surface area contributed by atoms with Crippen LogP contribution in [0.5, 0.6) is 5.75 Å². The Hall–Kier alpha value is -1.32. The second-order valence-corrected chi connectivity index (χ2v) is 10.4. The third-order valence-corrected chi connectivity index (χ3v) is 7.14. The van der Waals surface area contributed by atoms with Gasteiger partial charge in [0.05, 0.1) is 0 Å². The van der Waals surface area contributed by atoms with Gasteiger partial charge in [0.25, 0.3) is 0 Å². The Morgan fingerprint density at radius 3 is 2.39 bits per heavy atom. The van der Waals surface area contributed by atoms with E-state index in [1.807, 2.05) is 0 Å². The van der Waals surface area contributed by atoms with Crippen LogP contribution in [0.3, 0.4) is 0 Å². The second kappa shape index (κ2) is 12.6. The maximum Gasteiger partial charge on any atom is 0.119 e. The van der Waals surface area contributed by atoms with Crippen molar-refractivity contribution in [2.75, 3.05) is 39.8 Å². The van der Waals surface area contributed by atoms with Crippen molar-refractivity contribution in [3.8, 4) is 5.75 Å². The van der Waals surface area contributed by atoms with E-state index in [4.69, 9.17) is 4.74 Å². The van der Waals surface area contributed by atoms with Gasteiger partial charge in [-0.25, -0.2) is 0 Å². The summed E-state index contributed by atoms with van der Waals surface area (Å²) in [7, 11) is 2.25. The average molecular weight is 429 g/mol. The van der Waals surface area contributed by atoms with Crippen molar-refractivity contribution in [3.63, 3.8) is 0 Å². The molecule has 0 fully saturated rings. The standard InChI is InChI=1S/C28H48N2O/c1-8-30(9-2)19-20-31-26-15-13-25(14-16-26)22-29(7)21-23(3)12-17-27-24(4)11-10-18-28(27,5)6/h13-16,23H,8-12,17-22H2,1-7H3/t23-/m0/s1. The summed E-state index contributed by atoms with van der Waals surface area (Å²) < 4.78 is 5.92. The monoisotopic (exact) mass is 428 g/mol. The first-order chi connectivity index (χ1) is 14.7. The van der Waals surface area contributed by atoms with Gasteiger partial charge in [0.1, 0.15) is 12.4 Å². The molecule has 1 atom stereocenters. The highest BCUT2D eigenvalue weighted by molar-refractivity contribution is 5.27. The first-order valence-corrected chi connectivity index (χ1v) is 12.6. The molecule has 31 heavy (non-hydrogen) atoms. The molecule has 0 aromatic heterocycles. The van der Waals surface area contributed by atoms with E-state index in [0.29, 0.717) is 11.3 Å². The lowest BCUT2D eigenvalue weighted by Gasteiger charge is -2.35. The summed E-state index contributed by atoms with van der Waals surface area (Å²) in [5, 5.41) is 0. The summed E-state index contributed by atoms with van der Waals surface area (Å²) in [6.07, 6.45) is 6.58. The Bertz CT molecular complexity index is 673. The van der Waals surface area contributed by atoms with Crippen LogP contribution < -0.4 is 4.74 Å². The zero-order chi connectivity index (χ0) is 22.9. The SMILES string of the molecule is CCN(CC)CCOc1ccc(CN(C)C[C@@H](C)CCC2=C(C)CCCC2(C)C)cc1. The Labute approximate surface area is 192 Å². The molecule has 1 aliphatic carbocycles. The first-order valence-electron chi connectivity index (χ1n) is 12.6. The third-order valence-electron chi connectivity index (χ3n) is 7.14. The van der Waals surface area contributed by atoms with Crippen molar-refractivity contribution in [1.82, 2.24) is 9.80 Å². The van der Waals surface area contributed by atoms with Crippen molar-refractivity contribution in [1.29, 1.82) is 0 Å². The van der Waals surface area contributed by atoms with Crippen LogP contribution in [0.1, 0.15) is 79.2 Å². The Morgan fingerprint density at radius 2 is 1.77 bits per heavy atom. The van der Waals surface area contributed by atoms with Crippen LogP contribution >= 0.6 is 0 Å². The molecule has 0 amide bonds. The lowest BCUT2D eigenvalue weighted by Crippen LogP contribution is -2.27. The predicted molar refractivity (Wildman–Crippen MR) is 135 cm³/mol. The highest BCUT2D eigenvalue weighted by Crippen LogP contribution is 2.42. The number of nitrogens with zero attached hydrogens (tertiary/aromatic N) is 2. The quantitative estimate of drug-likeness (QED) is 0.322. The van der Waals surface area contributed by atoms with Crippen LogP contribution in [0.15, 0.2) is 35.4 Å². The fourth-order valence-electron chi connectivity index (χ4n) is 5.14. The van der Waals surface area contributed by atoms with Crippen LogP contribution in [0, 0.1) is 11.3 Å². The minimum absolute atomic E-state index is 0.406. The molecule has 1 aliphatic rings. The molecule has 0 aliphatic heterocycles. The molecule has 0 unspecified atom stereocenters. The fourth-order valence-corrected chi connectivity index (χ4v) is 5.14. The van der Waals surface area contributed by atoms with Crippen molar-refractivity contribution in [3.05, 3.63) is 41.0 Å². The molecular formula is C28H48N2O. The molecule has 0 spiro atoms. The van der Waals surface area contributed by atoms with Crippen LogP contribution in [0.2, 0.25) is 0 Å². The largest absolute Gasteiger partial charge is 0.492 e. The Balaban J connectivity index is 1.74. The number of allylic oxidation sites excluding steroid dienone is 2. The van der Waals surface area contributed by atoms with E-state index >= 15 is 0 Å². The Morgan fingerprint density at radius 1 is 1.10 bits per heavy atom. The third kappa shape index (κ3) is 8.61. The number of hydrogen-bond donors (Lipinski definition) is 0. The van der Waals surface area contributed by atoms with E-state index in [2.05, 4.69) is 82.7 Å². The highest BCUT2D eigenvalue weighted by atomic mass is 16.5. The fraction of sp³-hybridized carbons (Fsp3) is 0.714. The van der Waals surface area contributed by atoms with Crippen molar-refractivity contribution >= 4 is 0 Å². The van der Waals surface area contributed by atoms with Gasteiger partial charge in [-0.15, -0.1) is 0 Å². The smallest absolute Gasteiger partial charge is 0.119 e. The zero-order valence-electron chi connectivity index (χ0n) is 21.5. The van der Waals surface area contributed by atoms with Crippen LogP contribution in [0.4, 0.5) is 0 Å². The van der Waals surface area contributed by atoms with E-state index in [1.165, 1.54) is 37.7 Å². The number of ether oxygens (including phenoxy) is 1. The van der Waals surface area contributed by atoms with Crippen LogP contribution in [-0.2, 0) is 6.54 Å². The molecule has 0 N–H and O–H groups in total. The molecule has 176 valence electrons. The van der Waals surface area contributed by atoms with Gasteiger partial charge in [-0.1, -0.05) is 57.9 Å². The highest BCUT2D eigenvalue weighted by Gasteiger charge is 2.28. The predicted octanol–water partition coefficient (Wildman–Crippen LogP) is 6.78. The maximum absolute atomic E-state index is 5.92. The number of likely N-dealkylation sites (N-methyl/N-ethyl adjacent to an activating group) is 1. The molecule has 1 aromatic rings. The van der Waals surface area contributed by atoms with Gasteiger partial charge in [-0.3, -0.25) is 0 Å². The van der Waals surface area contributed by atoms with Gasteiger partial charge in [0.15, 0.2) is 0 Å². The summed E-state index contributed by atoms with van der Waals surface area (Å²) in [6.45, 7) is 20.1. The van der Waals surface area contributed by atoms with Gasteiger partial charge in [-0.2, -0.15) is 0 Å². The molecular weight excluding hydrogens is 380 g/mol. The Kier molecular flexibility index (Phi) is 10.6. The normalized spacial score (nSPS) is 17.5. The molecule has 1 aromatic carbocycles. The number of rotatable bonds is 13. The molecule has 0 radical (unpaired) electrons. The molecule has 0 saturated heterocycles. The zero-order valence-corrected chi connectivity index (χ0v) is 21.5. The maximum atomic E-state index is 5.92. The molecule has 0 heterocycles. The molecule has 3 nitrogen and oxygen atoms in total. The van der Waals surface area contributed by atoms with Crippen molar-refractivity contribution in [2.24, 2.45) is 11.3 Å². The van der Waals surface area contributed by atoms with E-state index < -0.39 is 0 Å².